The predicted octanol–water partition coefficient (Wildman–Crippen LogP) is -2.09. The molecule has 1 fully saturated rings. The SMILES string of the molecule is CNC(=O)[C@H]1O[C@@H](n2cnc3c(NC)ncnc32)[C@H](O)[C@@H]1NC(N)=O. The van der Waals surface area contributed by atoms with E-state index in [4.69, 9.17) is 10.5 Å². The van der Waals surface area contributed by atoms with Crippen molar-refractivity contribution in [3.63, 3.8) is 0 Å². The molecular formula is C13H18N8O4. The number of anilines is 1. The molecular weight excluding hydrogens is 332 g/mol. The number of aliphatic hydroxyl groups is 1. The lowest BCUT2D eigenvalue weighted by atomic mass is 10.1. The van der Waals surface area contributed by atoms with E-state index < -0.39 is 36.4 Å². The smallest absolute Gasteiger partial charge is 0.312 e. The van der Waals surface area contributed by atoms with Crippen molar-refractivity contribution in [2.24, 2.45) is 5.73 Å². The summed E-state index contributed by atoms with van der Waals surface area (Å²) in [5.74, 6) is 0.00107. The van der Waals surface area contributed by atoms with Crippen molar-refractivity contribution in [3.8, 4) is 0 Å². The molecule has 134 valence electrons. The van der Waals surface area contributed by atoms with Crippen molar-refractivity contribution in [2.75, 3.05) is 19.4 Å². The monoisotopic (exact) mass is 350 g/mol. The lowest BCUT2D eigenvalue weighted by Gasteiger charge is -2.19. The van der Waals surface area contributed by atoms with Gasteiger partial charge in [0.25, 0.3) is 5.91 Å². The van der Waals surface area contributed by atoms with Crippen LogP contribution >= 0.6 is 0 Å². The second-order valence-electron chi connectivity index (χ2n) is 5.38. The van der Waals surface area contributed by atoms with E-state index in [-0.39, 0.29) is 0 Å². The predicted molar refractivity (Wildman–Crippen MR) is 85.4 cm³/mol. The zero-order chi connectivity index (χ0) is 18.1. The normalized spacial score (nSPS) is 25.7. The van der Waals surface area contributed by atoms with Crippen LogP contribution in [0, 0.1) is 0 Å². The summed E-state index contributed by atoms with van der Waals surface area (Å²) in [7, 11) is 3.11. The van der Waals surface area contributed by atoms with Gasteiger partial charge >= 0.3 is 6.03 Å². The molecule has 1 aliphatic rings. The molecule has 4 atom stereocenters. The quantitative estimate of drug-likeness (QED) is 0.418. The molecule has 12 nitrogen and oxygen atoms in total. The summed E-state index contributed by atoms with van der Waals surface area (Å²) in [6.45, 7) is 0. The standard InChI is InChI=1S/C13H18N8O4/c1-15-9-6-10(18-3-17-9)21(4-19-6)12-7(22)5(20-13(14)24)8(25-12)11(23)16-2/h3-5,7-8,12,22H,1-2H3,(H,16,23)(H3,14,20,24)(H,15,17,18)/t5-,7+,8-,12+/m0/s1. The average Bonchev–Trinajstić information content (AvgIpc) is 3.16. The fourth-order valence-electron chi connectivity index (χ4n) is 2.82. The molecule has 6 N–H and O–H groups in total. The molecule has 1 aliphatic heterocycles. The third-order valence-corrected chi connectivity index (χ3v) is 3.96. The summed E-state index contributed by atoms with van der Waals surface area (Å²) < 4.78 is 7.15. The Morgan fingerprint density at radius 1 is 1.32 bits per heavy atom. The van der Waals surface area contributed by atoms with Crippen LogP contribution in [-0.4, -0.2) is 68.9 Å². The van der Waals surface area contributed by atoms with Crippen LogP contribution in [0.15, 0.2) is 12.7 Å². The number of likely N-dealkylation sites (N-methyl/N-ethyl adjacent to an activating group) is 1. The topological polar surface area (TPSA) is 169 Å². The number of primary amides is 1. The number of aromatic nitrogens is 4. The molecule has 2 aromatic heterocycles. The molecule has 0 bridgehead atoms. The van der Waals surface area contributed by atoms with Crippen molar-refractivity contribution in [2.45, 2.75) is 24.5 Å². The summed E-state index contributed by atoms with van der Waals surface area (Å²) >= 11 is 0. The first-order valence-electron chi connectivity index (χ1n) is 7.44. The van der Waals surface area contributed by atoms with Crippen molar-refractivity contribution < 1.29 is 19.4 Å². The largest absolute Gasteiger partial charge is 0.386 e. The number of hydrogen-bond donors (Lipinski definition) is 5. The second kappa shape index (κ2) is 6.49. The highest BCUT2D eigenvalue weighted by molar-refractivity contribution is 5.84. The lowest BCUT2D eigenvalue weighted by Crippen LogP contribution is -2.53. The Bertz CT molecular complexity index is 808. The first kappa shape index (κ1) is 16.9. The van der Waals surface area contributed by atoms with Crippen LogP contribution in [-0.2, 0) is 9.53 Å². The van der Waals surface area contributed by atoms with E-state index in [0.717, 1.165) is 0 Å². The first-order chi connectivity index (χ1) is 12.0. The number of aliphatic hydroxyl groups excluding tert-OH is 1. The highest BCUT2D eigenvalue weighted by Crippen LogP contribution is 2.32. The fraction of sp³-hybridized carbons (Fsp3) is 0.462. The highest BCUT2D eigenvalue weighted by Gasteiger charge is 2.49. The third-order valence-electron chi connectivity index (χ3n) is 3.96. The summed E-state index contributed by atoms with van der Waals surface area (Å²) in [4.78, 5) is 35.7. The molecule has 0 spiro atoms. The number of urea groups is 1. The number of hydrogen-bond acceptors (Lipinski definition) is 8. The number of amides is 3. The van der Waals surface area contributed by atoms with Crippen LogP contribution in [0.25, 0.3) is 11.2 Å². The molecule has 12 heteroatoms. The molecule has 2 aromatic rings. The maximum absolute atomic E-state index is 12.0. The minimum Gasteiger partial charge on any atom is -0.386 e. The number of nitrogens with one attached hydrogen (secondary N) is 3. The van der Waals surface area contributed by atoms with Gasteiger partial charge in [-0.05, 0) is 0 Å². The number of nitrogens with zero attached hydrogens (tertiary/aromatic N) is 4. The number of ether oxygens (including phenoxy) is 1. The van der Waals surface area contributed by atoms with Gasteiger partial charge < -0.3 is 31.5 Å². The molecule has 3 heterocycles. The molecule has 25 heavy (non-hydrogen) atoms. The Labute approximate surface area is 141 Å². The van der Waals surface area contributed by atoms with Gasteiger partial charge in [-0.15, -0.1) is 0 Å². The van der Waals surface area contributed by atoms with Gasteiger partial charge in [-0.1, -0.05) is 0 Å². The van der Waals surface area contributed by atoms with Gasteiger partial charge in [0.05, 0.1) is 12.4 Å². The summed E-state index contributed by atoms with van der Waals surface area (Å²) in [6, 6.07) is -1.90. The van der Waals surface area contributed by atoms with Crippen molar-refractivity contribution in [3.05, 3.63) is 12.7 Å². The highest BCUT2D eigenvalue weighted by atomic mass is 16.5. The zero-order valence-corrected chi connectivity index (χ0v) is 13.5. The molecule has 3 rings (SSSR count). The van der Waals surface area contributed by atoms with Crippen LogP contribution in [0.5, 0.6) is 0 Å². The van der Waals surface area contributed by atoms with Crippen molar-refractivity contribution in [1.82, 2.24) is 30.2 Å². The summed E-state index contributed by atoms with van der Waals surface area (Å²) in [6.07, 6.45) is -0.616. The zero-order valence-electron chi connectivity index (χ0n) is 13.5. The molecule has 0 aromatic carbocycles. The van der Waals surface area contributed by atoms with Crippen LogP contribution in [0.1, 0.15) is 6.23 Å². The van der Waals surface area contributed by atoms with E-state index in [1.165, 1.54) is 24.3 Å². The maximum Gasteiger partial charge on any atom is 0.312 e. The summed E-state index contributed by atoms with van der Waals surface area (Å²) in [5.41, 5.74) is 6.01. The third kappa shape index (κ3) is 2.81. The Hall–Kier alpha value is -2.99. The average molecular weight is 350 g/mol. The number of carbonyl (C=O) groups is 2. The van der Waals surface area contributed by atoms with Crippen molar-refractivity contribution >= 4 is 28.9 Å². The minimum absolute atomic E-state index is 0.402. The van der Waals surface area contributed by atoms with Crippen LogP contribution in [0.4, 0.5) is 10.6 Å². The molecule has 1 saturated heterocycles. The van der Waals surface area contributed by atoms with Gasteiger partial charge in [-0.25, -0.2) is 19.7 Å². The van der Waals surface area contributed by atoms with Crippen LogP contribution in [0.3, 0.4) is 0 Å². The number of nitrogens with two attached hydrogens (primary N) is 1. The maximum atomic E-state index is 12.0. The van der Waals surface area contributed by atoms with Crippen LogP contribution in [0.2, 0.25) is 0 Å². The van der Waals surface area contributed by atoms with E-state index in [1.807, 2.05) is 0 Å². The number of fused-ring (bicyclic) bond motifs is 1. The fourth-order valence-corrected chi connectivity index (χ4v) is 2.82. The first-order valence-corrected chi connectivity index (χ1v) is 7.44. The Balaban J connectivity index is 2.00. The second-order valence-corrected chi connectivity index (χ2v) is 5.38. The van der Waals surface area contributed by atoms with Gasteiger partial charge in [0.15, 0.2) is 23.8 Å². The van der Waals surface area contributed by atoms with Crippen LogP contribution < -0.4 is 21.7 Å². The number of carbonyl (C=O) groups excluding carboxylic acids is 2. The Kier molecular flexibility index (Phi) is 4.37. The molecule has 0 radical (unpaired) electrons. The van der Waals surface area contributed by atoms with Crippen molar-refractivity contribution in [1.29, 1.82) is 0 Å². The molecule has 0 saturated carbocycles. The Morgan fingerprint density at radius 2 is 2.08 bits per heavy atom. The van der Waals surface area contributed by atoms with Gasteiger partial charge in [-0.3, -0.25) is 9.36 Å². The molecule has 0 aliphatic carbocycles. The van der Waals surface area contributed by atoms with E-state index >= 15 is 0 Å². The van der Waals surface area contributed by atoms with E-state index in [0.29, 0.717) is 17.0 Å². The minimum atomic E-state index is -1.25. The Morgan fingerprint density at radius 3 is 2.72 bits per heavy atom. The van der Waals surface area contributed by atoms with Gasteiger partial charge in [0, 0.05) is 14.1 Å². The lowest BCUT2D eigenvalue weighted by molar-refractivity contribution is -0.134. The van der Waals surface area contributed by atoms with Gasteiger partial charge in [-0.2, -0.15) is 0 Å². The van der Waals surface area contributed by atoms with E-state index in [9.17, 15) is 14.7 Å². The number of imidazole rings is 1. The molecule has 3 amide bonds. The van der Waals surface area contributed by atoms with Gasteiger partial charge in [0.2, 0.25) is 0 Å². The number of rotatable bonds is 4. The van der Waals surface area contributed by atoms with E-state index in [1.54, 1.807) is 7.05 Å². The van der Waals surface area contributed by atoms with E-state index in [2.05, 4.69) is 30.9 Å². The summed E-state index contributed by atoms with van der Waals surface area (Å²) in [5, 5.41) is 18.2. The molecule has 0 unspecified atom stereocenters. The van der Waals surface area contributed by atoms with Gasteiger partial charge in [0.1, 0.15) is 17.9 Å².